The summed E-state index contributed by atoms with van der Waals surface area (Å²) in [4.78, 5) is 0.673. The van der Waals surface area contributed by atoms with Crippen molar-refractivity contribution in [2.24, 2.45) is 0 Å². The summed E-state index contributed by atoms with van der Waals surface area (Å²) in [6, 6.07) is 14.7. The van der Waals surface area contributed by atoms with Gasteiger partial charge in [0.2, 0.25) is 5.36 Å². The molecule has 2 heterocycles. The van der Waals surface area contributed by atoms with Gasteiger partial charge in [0.05, 0.1) is 9.79 Å². The quantitative estimate of drug-likeness (QED) is 0.209. The molecule has 0 N–H and O–H groups in total. The Kier molecular flexibility index (Phi) is 8.26. The molecule has 2 aliphatic heterocycles. The van der Waals surface area contributed by atoms with E-state index in [4.69, 9.17) is 0 Å². The van der Waals surface area contributed by atoms with Gasteiger partial charge in [-0.3, -0.25) is 0 Å². The van der Waals surface area contributed by atoms with Gasteiger partial charge >= 0.3 is 29.6 Å². The minimum absolute atomic E-state index is 0. The van der Waals surface area contributed by atoms with E-state index in [0.717, 1.165) is 67.0 Å². The van der Waals surface area contributed by atoms with Crippen LogP contribution in [0.4, 0.5) is 5.69 Å². The van der Waals surface area contributed by atoms with E-state index in [2.05, 4.69) is 9.48 Å². The van der Waals surface area contributed by atoms with Gasteiger partial charge < -0.3 is 14.0 Å². The van der Waals surface area contributed by atoms with E-state index in [1.54, 1.807) is 0 Å². The predicted molar refractivity (Wildman–Crippen MR) is 138 cm³/mol. The SMILES string of the molecule is CN1CCCc2cc(C(c3ccc(S(=O)(=O)[O-])cc3S(=O)(=O)[O-])=c3ccc4c(c3)CCC[N+]=4C)ccc21.[Na+]. The standard InChI is InChI=1S/C27H28N2O6S2.Na/c1-28-13-3-5-18-15-20(7-11-24(18)28)27(21-8-12-25-19(16-21)6-4-14-29(25)2)23-10-9-22(36(30,31)32)17-26(23)37(33,34)35;/h7-12,15-17H,3-6,13-14H2,1-2H3,(H-,30,31,32,33,34,35);/q;+1/p-1. The molecule has 0 spiro atoms. The number of anilines is 1. The molecule has 11 heteroatoms. The maximum atomic E-state index is 12.4. The van der Waals surface area contributed by atoms with Crippen molar-refractivity contribution in [2.45, 2.75) is 35.5 Å². The number of nitrogens with zero attached hydrogens (tertiary/aromatic N) is 2. The normalized spacial score (nSPS) is 16.3. The first kappa shape index (κ1) is 28.9. The summed E-state index contributed by atoms with van der Waals surface area (Å²) in [6.45, 7) is 1.87. The number of hydrogen-bond acceptors (Lipinski definition) is 7. The van der Waals surface area contributed by atoms with Gasteiger partial charge in [-0.2, -0.15) is 0 Å². The largest absolute Gasteiger partial charge is 1.00 e. The zero-order valence-corrected chi connectivity index (χ0v) is 25.2. The van der Waals surface area contributed by atoms with Crippen LogP contribution in [0.5, 0.6) is 0 Å². The molecular formula is C27H27N2NaO6S2. The maximum Gasteiger partial charge on any atom is 1.00 e. The van der Waals surface area contributed by atoms with Gasteiger partial charge in [-0.1, -0.05) is 12.1 Å². The van der Waals surface area contributed by atoms with Gasteiger partial charge in [-0.15, -0.1) is 0 Å². The van der Waals surface area contributed by atoms with Crippen LogP contribution in [-0.4, -0.2) is 53.1 Å². The summed E-state index contributed by atoms with van der Waals surface area (Å²) < 4.78 is 74.2. The summed E-state index contributed by atoms with van der Waals surface area (Å²) >= 11 is 0. The van der Waals surface area contributed by atoms with Gasteiger partial charge in [-0.05, 0) is 77.6 Å². The van der Waals surface area contributed by atoms with E-state index in [9.17, 15) is 25.9 Å². The molecule has 0 fully saturated rings. The van der Waals surface area contributed by atoms with E-state index in [0.29, 0.717) is 22.4 Å². The van der Waals surface area contributed by atoms with Crippen LogP contribution in [0.2, 0.25) is 0 Å². The second kappa shape index (κ2) is 10.8. The molecule has 3 aromatic carbocycles. The van der Waals surface area contributed by atoms with Crippen LogP contribution < -0.4 is 49.6 Å². The predicted octanol–water partition coefficient (Wildman–Crippen LogP) is -1.80. The summed E-state index contributed by atoms with van der Waals surface area (Å²) in [5.74, 6) is 0. The second-order valence-corrected chi connectivity index (χ2v) is 12.4. The fraction of sp³-hybridized carbons (Fsp3) is 0.296. The molecular weight excluding hydrogens is 535 g/mol. The van der Waals surface area contributed by atoms with Gasteiger partial charge in [0, 0.05) is 42.9 Å². The van der Waals surface area contributed by atoms with Crippen molar-refractivity contribution in [3.8, 4) is 0 Å². The van der Waals surface area contributed by atoms with Gasteiger partial charge in [0.1, 0.15) is 33.8 Å². The Labute approximate surface area is 245 Å². The van der Waals surface area contributed by atoms with E-state index in [1.807, 2.05) is 50.5 Å². The molecule has 8 nitrogen and oxygen atoms in total. The molecule has 194 valence electrons. The molecule has 38 heavy (non-hydrogen) atoms. The number of hydrogen-bond donors (Lipinski definition) is 0. The molecule has 3 aromatic rings. The first-order valence-electron chi connectivity index (χ1n) is 12.1. The Morgan fingerprint density at radius 2 is 1.61 bits per heavy atom. The average molecular weight is 563 g/mol. The van der Waals surface area contributed by atoms with Crippen molar-refractivity contribution < 1.29 is 55.5 Å². The van der Waals surface area contributed by atoms with Crippen molar-refractivity contribution in [1.82, 2.24) is 4.58 Å². The van der Waals surface area contributed by atoms with E-state index in [1.165, 1.54) is 6.07 Å². The summed E-state index contributed by atoms with van der Waals surface area (Å²) in [7, 11) is -6.05. The maximum absolute atomic E-state index is 12.4. The summed E-state index contributed by atoms with van der Waals surface area (Å²) in [6.07, 6.45) is 3.67. The molecule has 5 rings (SSSR count). The van der Waals surface area contributed by atoms with Gasteiger partial charge in [0.15, 0.2) is 0 Å². The van der Waals surface area contributed by atoms with Crippen LogP contribution in [0, 0.1) is 0 Å². The number of fused-ring (bicyclic) bond motifs is 2. The first-order chi connectivity index (χ1) is 17.4. The van der Waals surface area contributed by atoms with Crippen LogP contribution >= 0.6 is 0 Å². The van der Waals surface area contributed by atoms with Crippen LogP contribution in [0.1, 0.15) is 35.1 Å². The molecule has 0 atom stereocenters. The fourth-order valence-corrected chi connectivity index (χ4v) is 6.71. The third kappa shape index (κ3) is 5.62. The van der Waals surface area contributed by atoms with Gasteiger partial charge in [0.25, 0.3) is 0 Å². The molecule has 0 amide bonds. The average Bonchev–Trinajstić information content (AvgIpc) is 2.83. The van der Waals surface area contributed by atoms with E-state index in [-0.39, 0.29) is 35.1 Å². The molecule has 0 radical (unpaired) electrons. The van der Waals surface area contributed by atoms with E-state index >= 15 is 0 Å². The fourth-order valence-electron chi connectivity index (χ4n) is 5.43. The zero-order chi connectivity index (χ0) is 26.5. The number of aryl methyl sites for hydroxylation is 2. The Balaban J connectivity index is 0.00000336. The monoisotopic (exact) mass is 562 g/mol. The van der Waals surface area contributed by atoms with Crippen molar-refractivity contribution in [2.75, 3.05) is 32.1 Å². The van der Waals surface area contributed by atoms with Crippen LogP contribution in [-0.2, 0) is 33.1 Å². The zero-order valence-electron chi connectivity index (χ0n) is 21.6. The molecule has 0 aromatic heterocycles. The van der Waals surface area contributed by atoms with Crippen molar-refractivity contribution in [3.05, 3.63) is 87.4 Å². The first-order valence-corrected chi connectivity index (χ1v) is 14.9. The third-order valence-electron chi connectivity index (χ3n) is 7.22. The third-order valence-corrected chi connectivity index (χ3v) is 8.93. The van der Waals surface area contributed by atoms with Gasteiger partial charge in [-0.25, -0.2) is 21.4 Å². The van der Waals surface area contributed by atoms with Crippen LogP contribution in [0.15, 0.2) is 64.4 Å². The molecule has 0 saturated heterocycles. The molecule has 0 aliphatic carbocycles. The Bertz CT molecular complexity index is 1770. The minimum atomic E-state index is -5.12. The van der Waals surface area contributed by atoms with Crippen molar-refractivity contribution >= 4 is 31.5 Å². The Morgan fingerprint density at radius 3 is 2.32 bits per heavy atom. The van der Waals surface area contributed by atoms with Crippen LogP contribution in [0.3, 0.4) is 0 Å². The van der Waals surface area contributed by atoms with Crippen molar-refractivity contribution in [1.29, 1.82) is 0 Å². The Hall–Kier alpha value is -2.05. The minimum Gasteiger partial charge on any atom is -0.744 e. The topological polar surface area (TPSA) is 121 Å². The van der Waals surface area contributed by atoms with E-state index < -0.39 is 30.0 Å². The summed E-state index contributed by atoms with van der Waals surface area (Å²) in [5.41, 5.74) is 4.57. The number of benzene rings is 3. The number of rotatable bonds is 4. The molecule has 0 bridgehead atoms. The second-order valence-electron chi connectivity index (χ2n) is 9.68. The van der Waals surface area contributed by atoms with Crippen LogP contribution in [0.25, 0.3) is 5.57 Å². The Morgan fingerprint density at radius 1 is 0.868 bits per heavy atom. The molecule has 2 aliphatic rings. The molecule has 0 saturated carbocycles. The summed E-state index contributed by atoms with van der Waals surface area (Å²) in [5, 5.41) is 1.80. The van der Waals surface area contributed by atoms with Crippen molar-refractivity contribution in [3.63, 3.8) is 0 Å². The smallest absolute Gasteiger partial charge is 0.744 e. The molecule has 0 unspecified atom stereocenters.